The van der Waals surface area contributed by atoms with Crippen molar-refractivity contribution in [2.75, 3.05) is 12.4 Å². The number of amides is 1. The first kappa shape index (κ1) is 18.8. The molecule has 120 valence electrons. The van der Waals surface area contributed by atoms with Crippen LogP contribution in [0, 0.1) is 0 Å². The molecule has 0 fully saturated rings. The third-order valence-electron chi connectivity index (χ3n) is 2.43. The molecule has 0 aliphatic rings. The fraction of sp³-hybridized carbons (Fsp3) is 0.231. The fourth-order valence-electron chi connectivity index (χ4n) is 1.44. The average Bonchev–Trinajstić information content (AvgIpc) is 2.45. The topological polar surface area (TPSA) is 62.4 Å². The summed E-state index contributed by atoms with van der Waals surface area (Å²) in [7, 11) is 1.53. The molecule has 1 rings (SSSR count). The van der Waals surface area contributed by atoms with Gasteiger partial charge in [-0.3, -0.25) is 4.79 Å². The zero-order valence-corrected chi connectivity index (χ0v) is 14.6. The van der Waals surface area contributed by atoms with Crippen LogP contribution in [0.25, 0.3) is 0 Å². The summed E-state index contributed by atoms with van der Waals surface area (Å²) in [5, 5.41) is 8.18. The van der Waals surface area contributed by atoms with E-state index in [1.807, 2.05) is 6.07 Å². The highest BCUT2D eigenvalue weighted by Gasteiger charge is 2.34. The van der Waals surface area contributed by atoms with Gasteiger partial charge in [-0.15, -0.1) is 0 Å². The number of halogens is 3. The Labute approximate surface area is 148 Å². The Kier molecular flexibility index (Phi) is 7.22. The number of ether oxygens (including phenoxy) is 1. The van der Waals surface area contributed by atoms with E-state index in [0.29, 0.717) is 11.4 Å². The second-order valence-electron chi connectivity index (χ2n) is 3.99. The summed E-state index contributed by atoms with van der Waals surface area (Å²) in [6.07, 6.45) is 0.0135. The van der Waals surface area contributed by atoms with E-state index >= 15 is 0 Å². The number of rotatable bonds is 5. The number of benzene rings is 1. The highest BCUT2D eigenvalue weighted by Crippen LogP contribution is 2.29. The van der Waals surface area contributed by atoms with Gasteiger partial charge in [0.1, 0.15) is 11.9 Å². The van der Waals surface area contributed by atoms with Crippen LogP contribution in [0.1, 0.15) is 0 Å². The zero-order chi connectivity index (χ0) is 16.8. The lowest BCUT2D eigenvalue weighted by Gasteiger charge is -2.27. The number of methoxy groups -OCH3 is 1. The van der Waals surface area contributed by atoms with E-state index in [2.05, 4.69) is 22.5 Å². The Hall–Kier alpha value is -1.21. The highest BCUT2D eigenvalue weighted by atomic mass is 35.6. The second kappa shape index (κ2) is 8.43. The molecule has 0 aromatic heterocycles. The molecule has 1 atom stereocenters. The first-order valence-electron chi connectivity index (χ1n) is 5.98. The summed E-state index contributed by atoms with van der Waals surface area (Å²) in [6, 6.07) is 7.14. The zero-order valence-electron chi connectivity index (χ0n) is 11.5. The summed E-state index contributed by atoms with van der Waals surface area (Å²) in [4.78, 5) is 11.4. The van der Waals surface area contributed by atoms with Crippen LogP contribution in [0.2, 0.25) is 0 Å². The molecule has 9 heteroatoms. The number of hydrogen-bond donors (Lipinski definition) is 3. The van der Waals surface area contributed by atoms with Gasteiger partial charge in [0.15, 0.2) is 5.11 Å². The molecule has 0 spiro atoms. The Morgan fingerprint density at radius 2 is 2.00 bits per heavy atom. The molecule has 0 aliphatic carbocycles. The number of para-hydroxylation sites is 2. The van der Waals surface area contributed by atoms with Crippen molar-refractivity contribution in [3.8, 4) is 5.75 Å². The van der Waals surface area contributed by atoms with Crippen molar-refractivity contribution in [3.05, 3.63) is 36.9 Å². The van der Waals surface area contributed by atoms with Crippen molar-refractivity contribution in [2.24, 2.45) is 0 Å². The van der Waals surface area contributed by atoms with Crippen LogP contribution in [0.4, 0.5) is 5.69 Å². The number of alkyl halides is 3. The minimum atomic E-state index is -1.81. The lowest BCUT2D eigenvalue weighted by molar-refractivity contribution is -0.117. The second-order valence-corrected chi connectivity index (χ2v) is 6.76. The molecule has 1 aromatic rings. The maximum Gasteiger partial charge on any atom is 0.245 e. The van der Waals surface area contributed by atoms with Gasteiger partial charge in [0.05, 0.1) is 12.8 Å². The Bertz CT molecular complexity index is 564. The summed E-state index contributed by atoms with van der Waals surface area (Å²) in [6.45, 7) is 3.33. The highest BCUT2D eigenvalue weighted by molar-refractivity contribution is 7.80. The molecule has 3 N–H and O–H groups in total. The van der Waals surface area contributed by atoms with Gasteiger partial charge in [-0.2, -0.15) is 0 Å². The third kappa shape index (κ3) is 5.88. The summed E-state index contributed by atoms with van der Waals surface area (Å²) in [5.74, 6) is 0.0797. The molecular formula is C13H14Cl3N3O2S. The van der Waals surface area contributed by atoms with E-state index < -0.39 is 15.9 Å². The normalized spacial score (nSPS) is 12.0. The van der Waals surface area contributed by atoms with E-state index in [4.69, 9.17) is 51.8 Å². The number of anilines is 1. The van der Waals surface area contributed by atoms with E-state index in [1.54, 1.807) is 18.2 Å². The quantitative estimate of drug-likeness (QED) is 0.316. The molecular weight excluding hydrogens is 369 g/mol. The van der Waals surface area contributed by atoms with Crippen LogP contribution < -0.4 is 20.7 Å². The minimum absolute atomic E-state index is 0.144. The van der Waals surface area contributed by atoms with Gasteiger partial charge in [0.25, 0.3) is 0 Å². The molecule has 0 unspecified atom stereocenters. The molecule has 1 amide bonds. The first-order chi connectivity index (χ1) is 10.3. The Balaban J connectivity index is 2.79. The predicted molar refractivity (Wildman–Crippen MR) is 94.8 cm³/mol. The molecule has 0 radical (unpaired) electrons. The maximum atomic E-state index is 11.4. The number of carbonyl (C=O) groups is 1. The standard InChI is InChI=1S/C13H14Cl3N3O2S/c1-3-10(20)18-11(13(14,15)16)19-12(22)17-8-6-4-5-7-9(8)21-2/h3-7,11H,1H2,2H3,(H,18,20)(H2,17,19,22)/t11-/m1/s1. The van der Waals surface area contributed by atoms with Crippen molar-refractivity contribution in [1.29, 1.82) is 0 Å². The molecule has 0 saturated heterocycles. The Morgan fingerprint density at radius 1 is 1.36 bits per heavy atom. The van der Waals surface area contributed by atoms with Gasteiger partial charge in [-0.05, 0) is 30.4 Å². The maximum absolute atomic E-state index is 11.4. The molecule has 0 bridgehead atoms. The monoisotopic (exact) mass is 381 g/mol. The van der Waals surface area contributed by atoms with Gasteiger partial charge >= 0.3 is 0 Å². The van der Waals surface area contributed by atoms with Crippen LogP contribution in [-0.2, 0) is 4.79 Å². The molecule has 1 aromatic carbocycles. The van der Waals surface area contributed by atoms with Crippen molar-refractivity contribution in [1.82, 2.24) is 10.6 Å². The van der Waals surface area contributed by atoms with E-state index in [1.165, 1.54) is 7.11 Å². The minimum Gasteiger partial charge on any atom is -0.495 e. The van der Waals surface area contributed by atoms with Gasteiger partial charge < -0.3 is 20.7 Å². The summed E-state index contributed by atoms with van der Waals surface area (Å²) < 4.78 is 3.38. The van der Waals surface area contributed by atoms with E-state index in [9.17, 15) is 4.79 Å². The number of hydrogen-bond acceptors (Lipinski definition) is 3. The van der Waals surface area contributed by atoms with Crippen molar-refractivity contribution >= 4 is 63.7 Å². The van der Waals surface area contributed by atoms with Crippen molar-refractivity contribution in [2.45, 2.75) is 9.96 Å². The van der Waals surface area contributed by atoms with Crippen LogP contribution >= 0.6 is 47.0 Å². The van der Waals surface area contributed by atoms with Crippen molar-refractivity contribution in [3.63, 3.8) is 0 Å². The predicted octanol–water partition coefficient (Wildman–Crippen LogP) is 2.98. The summed E-state index contributed by atoms with van der Waals surface area (Å²) in [5.41, 5.74) is 0.626. The first-order valence-corrected chi connectivity index (χ1v) is 7.52. The summed E-state index contributed by atoms with van der Waals surface area (Å²) >= 11 is 22.6. The van der Waals surface area contributed by atoms with Gasteiger partial charge in [-0.1, -0.05) is 53.5 Å². The molecule has 0 saturated carbocycles. The SMILES string of the molecule is C=CC(=O)N[C@H](NC(=S)Nc1ccccc1OC)C(Cl)(Cl)Cl. The van der Waals surface area contributed by atoms with Crippen LogP contribution in [0.15, 0.2) is 36.9 Å². The molecule has 5 nitrogen and oxygen atoms in total. The average molecular weight is 383 g/mol. The Morgan fingerprint density at radius 3 is 2.55 bits per heavy atom. The molecule has 0 aliphatic heterocycles. The van der Waals surface area contributed by atoms with Gasteiger partial charge in [0.2, 0.25) is 9.70 Å². The third-order valence-corrected chi connectivity index (χ3v) is 3.30. The molecule has 0 heterocycles. The van der Waals surface area contributed by atoms with E-state index in [-0.39, 0.29) is 5.11 Å². The van der Waals surface area contributed by atoms with Crippen LogP contribution in [0.3, 0.4) is 0 Å². The van der Waals surface area contributed by atoms with Gasteiger partial charge in [-0.25, -0.2) is 0 Å². The lowest BCUT2D eigenvalue weighted by atomic mass is 10.3. The number of carbonyl (C=O) groups excluding carboxylic acids is 1. The largest absolute Gasteiger partial charge is 0.495 e. The number of thiocarbonyl (C=S) groups is 1. The van der Waals surface area contributed by atoms with Crippen molar-refractivity contribution < 1.29 is 9.53 Å². The van der Waals surface area contributed by atoms with Crippen LogP contribution in [0.5, 0.6) is 5.75 Å². The number of nitrogens with one attached hydrogen (secondary N) is 3. The fourth-order valence-corrected chi connectivity index (χ4v) is 1.99. The van der Waals surface area contributed by atoms with Crippen LogP contribution in [-0.4, -0.2) is 28.1 Å². The van der Waals surface area contributed by atoms with Gasteiger partial charge in [0, 0.05) is 0 Å². The molecule has 22 heavy (non-hydrogen) atoms. The van der Waals surface area contributed by atoms with E-state index in [0.717, 1.165) is 6.08 Å². The smallest absolute Gasteiger partial charge is 0.245 e. The lowest BCUT2D eigenvalue weighted by Crippen LogP contribution is -2.55.